The zero-order chi connectivity index (χ0) is 19.5. The van der Waals surface area contributed by atoms with Gasteiger partial charge in [-0.2, -0.15) is 0 Å². The molecule has 0 radical (unpaired) electrons. The van der Waals surface area contributed by atoms with Crippen molar-refractivity contribution in [3.05, 3.63) is 64.8 Å². The highest BCUT2D eigenvalue weighted by molar-refractivity contribution is 8.01. The average molecular weight is 413 g/mol. The van der Waals surface area contributed by atoms with Crippen molar-refractivity contribution in [2.24, 2.45) is 0 Å². The molecule has 0 aliphatic carbocycles. The van der Waals surface area contributed by atoms with Crippen LogP contribution in [0.25, 0.3) is 0 Å². The van der Waals surface area contributed by atoms with Crippen LogP contribution in [0.15, 0.2) is 57.9 Å². The normalized spacial score (nSPS) is 15.5. The molecule has 4 rings (SSSR count). The number of carboxylic acids is 1. The number of hydrogen-bond donors (Lipinski definition) is 2. The maximum absolute atomic E-state index is 11.4. The summed E-state index contributed by atoms with van der Waals surface area (Å²) in [6.45, 7) is 3.41. The Morgan fingerprint density at radius 3 is 3.04 bits per heavy atom. The predicted octanol–water partition coefficient (Wildman–Crippen LogP) is 5.28. The first kappa shape index (κ1) is 18.8. The molecule has 0 fully saturated rings. The molecule has 1 aliphatic rings. The highest BCUT2D eigenvalue weighted by atomic mass is 32.2. The molecule has 7 heteroatoms. The van der Waals surface area contributed by atoms with Crippen LogP contribution >= 0.6 is 23.1 Å². The minimum absolute atomic E-state index is 0.236. The van der Waals surface area contributed by atoms with Crippen molar-refractivity contribution in [1.29, 1.82) is 0 Å². The number of aromatic carboxylic acids is 1. The molecule has 3 aromatic rings. The van der Waals surface area contributed by atoms with Crippen LogP contribution in [0.5, 0.6) is 5.75 Å². The first-order valence-corrected chi connectivity index (χ1v) is 10.7. The predicted molar refractivity (Wildman–Crippen MR) is 112 cm³/mol. The molecule has 1 atom stereocenters. The number of anilines is 1. The van der Waals surface area contributed by atoms with Crippen molar-refractivity contribution in [1.82, 2.24) is 4.98 Å². The first-order valence-electron chi connectivity index (χ1n) is 9.02. The van der Waals surface area contributed by atoms with Crippen LogP contribution in [0.2, 0.25) is 0 Å². The highest BCUT2D eigenvalue weighted by Gasteiger charge is 2.22. The Morgan fingerprint density at radius 1 is 1.36 bits per heavy atom. The Kier molecular flexibility index (Phi) is 5.54. The van der Waals surface area contributed by atoms with Gasteiger partial charge >= 0.3 is 5.97 Å². The van der Waals surface area contributed by atoms with Gasteiger partial charge in [0.1, 0.15) is 5.75 Å². The molecule has 144 valence electrons. The zero-order valence-corrected chi connectivity index (χ0v) is 17.0. The van der Waals surface area contributed by atoms with E-state index in [0.29, 0.717) is 18.8 Å². The second-order valence-corrected chi connectivity index (χ2v) is 9.27. The van der Waals surface area contributed by atoms with Crippen LogP contribution < -0.4 is 10.1 Å². The standard InChI is InChI=1S/C21H20N2O3S2/c1-13-2-5-20(27-13)28-15-3-4-16-14(7-9-26-19(16)10-15)11-23-18-12-22-8-6-17(18)21(24)25/h2-6,8,10,12,14,23H,7,9,11H2,1H3,(H,24,25). The fourth-order valence-corrected chi connectivity index (χ4v) is 5.37. The van der Waals surface area contributed by atoms with Crippen molar-refractivity contribution in [2.45, 2.75) is 28.4 Å². The lowest BCUT2D eigenvalue weighted by Gasteiger charge is -2.27. The van der Waals surface area contributed by atoms with Gasteiger partial charge in [0.15, 0.2) is 0 Å². The Balaban J connectivity index is 1.49. The van der Waals surface area contributed by atoms with Crippen LogP contribution in [0, 0.1) is 6.92 Å². The molecule has 3 heterocycles. The summed E-state index contributed by atoms with van der Waals surface area (Å²) >= 11 is 3.54. The summed E-state index contributed by atoms with van der Waals surface area (Å²) in [7, 11) is 0. The molecule has 0 saturated carbocycles. The van der Waals surface area contributed by atoms with Gasteiger partial charge in [-0.1, -0.05) is 17.8 Å². The maximum Gasteiger partial charge on any atom is 0.337 e. The number of fused-ring (bicyclic) bond motifs is 1. The van der Waals surface area contributed by atoms with E-state index in [1.54, 1.807) is 29.3 Å². The van der Waals surface area contributed by atoms with E-state index in [2.05, 4.69) is 47.6 Å². The molecular formula is C21H20N2O3S2. The van der Waals surface area contributed by atoms with Gasteiger partial charge in [0.25, 0.3) is 0 Å². The molecule has 2 N–H and O–H groups in total. The van der Waals surface area contributed by atoms with E-state index >= 15 is 0 Å². The molecule has 1 unspecified atom stereocenters. The number of rotatable bonds is 6. The number of carbonyl (C=O) groups is 1. The Bertz CT molecular complexity index is 1000. The van der Waals surface area contributed by atoms with Gasteiger partial charge in [-0.25, -0.2) is 4.79 Å². The lowest BCUT2D eigenvalue weighted by atomic mass is 9.93. The van der Waals surface area contributed by atoms with E-state index in [4.69, 9.17) is 4.74 Å². The molecular weight excluding hydrogens is 392 g/mol. The third-order valence-corrected chi connectivity index (χ3v) is 6.80. The summed E-state index contributed by atoms with van der Waals surface area (Å²) in [5.74, 6) is 0.220. The summed E-state index contributed by atoms with van der Waals surface area (Å²) < 4.78 is 7.17. The van der Waals surface area contributed by atoms with Gasteiger partial charge in [0, 0.05) is 28.4 Å². The minimum atomic E-state index is -0.956. The topological polar surface area (TPSA) is 71.5 Å². The number of nitrogens with one attached hydrogen (secondary N) is 1. The molecule has 5 nitrogen and oxygen atoms in total. The van der Waals surface area contributed by atoms with Gasteiger partial charge in [-0.3, -0.25) is 4.98 Å². The van der Waals surface area contributed by atoms with E-state index in [0.717, 1.165) is 22.6 Å². The molecule has 0 spiro atoms. The lowest BCUT2D eigenvalue weighted by Crippen LogP contribution is -2.21. The third kappa shape index (κ3) is 4.15. The summed E-state index contributed by atoms with van der Waals surface area (Å²) in [6.07, 6.45) is 3.94. The van der Waals surface area contributed by atoms with Crippen molar-refractivity contribution in [3.63, 3.8) is 0 Å². The van der Waals surface area contributed by atoms with E-state index in [1.165, 1.54) is 21.3 Å². The molecule has 28 heavy (non-hydrogen) atoms. The number of pyridine rings is 1. The third-order valence-electron chi connectivity index (χ3n) is 4.67. The Hall–Kier alpha value is -2.51. The van der Waals surface area contributed by atoms with Crippen molar-refractivity contribution in [3.8, 4) is 5.75 Å². The van der Waals surface area contributed by atoms with Gasteiger partial charge in [-0.05, 0) is 49.2 Å². The Labute approximate surface area is 171 Å². The van der Waals surface area contributed by atoms with E-state index < -0.39 is 5.97 Å². The average Bonchev–Trinajstić information content (AvgIpc) is 3.10. The molecule has 1 aromatic carbocycles. The minimum Gasteiger partial charge on any atom is -0.493 e. The van der Waals surface area contributed by atoms with Crippen LogP contribution in [-0.4, -0.2) is 29.2 Å². The number of hydrogen-bond acceptors (Lipinski definition) is 6. The van der Waals surface area contributed by atoms with Crippen LogP contribution in [0.1, 0.15) is 33.1 Å². The quantitative estimate of drug-likeness (QED) is 0.574. The maximum atomic E-state index is 11.4. The number of nitrogens with zero attached hydrogens (tertiary/aromatic N) is 1. The van der Waals surface area contributed by atoms with Crippen molar-refractivity contribution < 1.29 is 14.6 Å². The second-order valence-electron chi connectivity index (χ2n) is 6.61. The second kappa shape index (κ2) is 8.24. The number of aromatic nitrogens is 1. The number of benzene rings is 1. The number of carboxylic acid groups (broad SMARTS) is 1. The molecule has 0 bridgehead atoms. The Morgan fingerprint density at radius 2 is 2.25 bits per heavy atom. The molecule has 0 amide bonds. The van der Waals surface area contributed by atoms with Crippen LogP contribution in [-0.2, 0) is 0 Å². The number of ether oxygens (including phenoxy) is 1. The summed E-state index contributed by atoms with van der Waals surface area (Å²) in [4.78, 5) is 17.9. The summed E-state index contributed by atoms with van der Waals surface area (Å²) in [6, 6.07) is 12.2. The fraction of sp³-hybridized carbons (Fsp3) is 0.238. The number of thiophene rings is 1. The van der Waals surface area contributed by atoms with Crippen molar-refractivity contribution >= 4 is 34.8 Å². The zero-order valence-electron chi connectivity index (χ0n) is 15.3. The van der Waals surface area contributed by atoms with E-state index in [9.17, 15) is 9.90 Å². The smallest absolute Gasteiger partial charge is 0.337 e. The monoisotopic (exact) mass is 412 g/mol. The van der Waals surface area contributed by atoms with E-state index in [1.807, 2.05) is 0 Å². The summed E-state index contributed by atoms with van der Waals surface area (Å²) in [5, 5.41) is 12.6. The van der Waals surface area contributed by atoms with Crippen molar-refractivity contribution in [2.75, 3.05) is 18.5 Å². The van der Waals surface area contributed by atoms with E-state index in [-0.39, 0.29) is 11.5 Å². The van der Waals surface area contributed by atoms with Gasteiger partial charge in [-0.15, -0.1) is 11.3 Å². The van der Waals surface area contributed by atoms with Gasteiger partial charge in [0.05, 0.1) is 28.3 Å². The summed E-state index contributed by atoms with van der Waals surface area (Å²) in [5.41, 5.74) is 1.94. The SMILES string of the molecule is Cc1ccc(Sc2ccc3c(c2)OCCC3CNc2cnccc2C(=O)O)s1. The van der Waals surface area contributed by atoms with Gasteiger partial charge < -0.3 is 15.2 Å². The number of aryl methyl sites for hydroxylation is 1. The van der Waals surface area contributed by atoms with Gasteiger partial charge in [0.2, 0.25) is 0 Å². The molecule has 0 saturated heterocycles. The highest BCUT2D eigenvalue weighted by Crippen LogP contribution is 2.40. The lowest BCUT2D eigenvalue weighted by molar-refractivity contribution is 0.0697. The molecule has 1 aliphatic heterocycles. The largest absolute Gasteiger partial charge is 0.493 e. The molecule has 2 aromatic heterocycles. The van der Waals surface area contributed by atoms with Crippen LogP contribution in [0.3, 0.4) is 0 Å². The van der Waals surface area contributed by atoms with Crippen LogP contribution in [0.4, 0.5) is 5.69 Å². The fourth-order valence-electron chi connectivity index (χ4n) is 3.26. The first-order chi connectivity index (χ1) is 13.6.